The Labute approximate surface area is 218 Å². The fourth-order valence-corrected chi connectivity index (χ4v) is 4.88. The maximum absolute atomic E-state index is 3.57. The number of anilines is 2. The fourth-order valence-electron chi connectivity index (χ4n) is 4.88. The van der Waals surface area contributed by atoms with Gasteiger partial charge >= 0.3 is 0 Å². The molecule has 0 aliphatic heterocycles. The molecule has 6 aromatic carbocycles. The van der Waals surface area contributed by atoms with Gasteiger partial charge in [-0.15, -0.1) is 0 Å². The van der Waals surface area contributed by atoms with Crippen molar-refractivity contribution >= 4 is 11.4 Å². The van der Waals surface area contributed by atoms with Crippen molar-refractivity contribution < 1.29 is 0 Å². The van der Waals surface area contributed by atoms with Crippen LogP contribution in [0.25, 0.3) is 44.5 Å². The maximum Gasteiger partial charge on any atom is 0.0390 e. The Balaban J connectivity index is 1.60. The Bertz CT molecular complexity index is 1550. The zero-order valence-corrected chi connectivity index (χ0v) is 20.5. The summed E-state index contributed by atoms with van der Waals surface area (Å²) in [5, 5.41) is 3.57. The summed E-state index contributed by atoms with van der Waals surface area (Å²) in [5.74, 6) is 0. The zero-order chi connectivity index (χ0) is 24.9. The van der Waals surface area contributed by atoms with Crippen LogP contribution in [0.5, 0.6) is 0 Å². The Morgan fingerprint density at radius 2 is 0.730 bits per heavy atom. The molecule has 0 aliphatic rings. The van der Waals surface area contributed by atoms with Gasteiger partial charge in [0.2, 0.25) is 0 Å². The summed E-state index contributed by atoms with van der Waals surface area (Å²) in [4.78, 5) is 0. The van der Waals surface area contributed by atoms with E-state index in [0.717, 1.165) is 11.4 Å². The van der Waals surface area contributed by atoms with Gasteiger partial charge in [0.15, 0.2) is 0 Å². The van der Waals surface area contributed by atoms with Gasteiger partial charge < -0.3 is 5.32 Å². The smallest absolute Gasteiger partial charge is 0.0390 e. The SMILES string of the molecule is c1ccc(Nc2cccc(-c3c(-c4ccccc4)cc(-c4ccccc4)cc3-c3ccccc3)c2)cc1. The van der Waals surface area contributed by atoms with Crippen LogP contribution in [0.1, 0.15) is 0 Å². The third kappa shape index (κ3) is 4.94. The Morgan fingerprint density at radius 1 is 0.297 bits per heavy atom. The Morgan fingerprint density at radius 3 is 1.27 bits per heavy atom. The number of hydrogen-bond donors (Lipinski definition) is 1. The van der Waals surface area contributed by atoms with Gasteiger partial charge in [-0.3, -0.25) is 0 Å². The van der Waals surface area contributed by atoms with Crippen LogP contribution < -0.4 is 5.32 Å². The molecule has 0 bridgehead atoms. The number of rotatable bonds is 6. The van der Waals surface area contributed by atoms with E-state index in [2.05, 4.69) is 157 Å². The first-order valence-electron chi connectivity index (χ1n) is 12.6. The predicted octanol–water partition coefficient (Wildman–Crippen LogP) is 10.1. The molecule has 176 valence electrons. The summed E-state index contributed by atoms with van der Waals surface area (Å²) in [5.41, 5.74) is 11.8. The highest BCUT2D eigenvalue weighted by Gasteiger charge is 2.17. The van der Waals surface area contributed by atoms with Crippen LogP contribution in [0.15, 0.2) is 158 Å². The molecule has 0 aliphatic carbocycles. The van der Waals surface area contributed by atoms with E-state index in [9.17, 15) is 0 Å². The van der Waals surface area contributed by atoms with Gasteiger partial charge in [-0.2, -0.15) is 0 Å². The summed E-state index contributed by atoms with van der Waals surface area (Å²) >= 11 is 0. The molecule has 1 nitrogen and oxygen atoms in total. The largest absolute Gasteiger partial charge is 0.356 e. The summed E-state index contributed by atoms with van der Waals surface area (Å²) in [7, 11) is 0. The van der Waals surface area contributed by atoms with Crippen LogP contribution in [-0.2, 0) is 0 Å². The lowest BCUT2D eigenvalue weighted by atomic mass is 9.84. The van der Waals surface area contributed by atoms with E-state index in [1.165, 1.54) is 44.5 Å². The van der Waals surface area contributed by atoms with Gasteiger partial charge in [0.1, 0.15) is 0 Å². The van der Waals surface area contributed by atoms with Crippen molar-refractivity contribution in [1.29, 1.82) is 0 Å². The molecule has 0 radical (unpaired) electrons. The molecule has 0 amide bonds. The molecule has 0 atom stereocenters. The van der Waals surface area contributed by atoms with Crippen molar-refractivity contribution in [2.75, 3.05) is 5.32 Å². The van der Waals surface area contributed by atoms with Crippen molar-refractivity contribution in [2.24, 2.45) is 0 Å². The molecule has 0 spiro atoms. The molecule has 0 saturated carbocycles. The van der Waals surface area contributed by atoms with Gasteiger partial charge in [0, 0.05) is 11.4 Å². The molecule has 0 aromatic heterocycles. The lowest BCUT2D eigenvalue weighted by Gasteiger charge is -2.20. The van der Waals surface area contributed by atoms with Crippen molar-refractivity contribution in [1.82, 2.24) is 0 Å². The summed E-state index contributed by atoms with van der Waals surface area (Å²) in [6, 6.07) is 55.8. The quantitative estimate of drug-likeness (QED) is 0.254. The molecule has 6 aromatic rings. The minimum absolute atomic E-state index is 1.06. The standard InChI is InChI=1S/C36H27N/c1-5-14-27(15-6-1)31-25-34(28-16-7-2-8-17-28)36(35(26-31)29-18-9-3-10-19-29)30-20-13-23-33(24-30)37-32-21-11-4-12-22-32/h1-26,37H. The third-order valence-electron chi connectivity index (χ3n) is 6.63. The average molecular weight is 474 g/mol. The molecule has 0 fully saturated rings. The summed E-state index contributed by atoms with van der Waals surface area (Å²) < 4.78 is 0. The molecule has 0 heterocycles. The van der Waals surface area contributed by atoms with Crippen LogP contribution >= 0.6 is 0 Å². The van der Waals surface area contributed by atoms with Crippen molar-refractivity contribution in [3.05, 3.63) is 158 Å². The van der Waals surface area contributed by atoms with E-state index >= 15 is 0 Å². The van der Waals surface area contributed by atoms with E-state index in [-0.39, 0.29) is 0 Å². The van der Waals surface area contributed by atoms with Crippen LogP contribution in [0.4, 0.5) is 11.4 Å². The van der Waals surface area contributed by atoms with Crippen LogP contribution in [0.3, 0.4) is 0 Å². The third-order valence-corrected chi connectivity index (χ3v) is 6.63. The van der Waals surface area contributed by atoms with Gasteiger partial charge in [0.25, 0.3) is 0 Å². The lowest BCUT2D eigenvalue weighted by molar-refractivity contribution is 1.52. The second-order valence-electron chi connectivity index (χ2n) is 9.12. The fraction of sp³-hybridized carbons (Fsp3) is 0. The van der Waals surface area contributed by atoms with Crippen molar-refractivity contribution in [3.63, 3.8) is 0 Å². The molecular weight excluding hydrogens is 446 g/mol. The minimum Gasteiger partial charge on any atom is -0.356 e. The first kappa shape index (κ1) is 22.6. The van der Waals surface area contributed by atoms with Gasteiger partial charge in [-0.05, 0) is 80.9 Å². The molecular formula is C36H27N. The number of para-hydroxylation sites is 1. The maximum atomic E-state index is 3.57. The average Bonchev–Trinajstić information content (AvgIpc) is 2.98. The Hall–Kier alpha value is -4.88. The Kier molecular flexibility index (Phi) is 6.34. The summed E-state index contributed by atoms with van der Waals surface area (Å²) in [6.45, 7) is 0. The highest BCUT2D eigenvalue weighted by molar-refractivity contribution is 5.98. The van der Waals surface area contributed by atoms with Crippen molar-refractivity contribution in [3.8, 4) is 44.5 Å². The molecule has 37 heavy (non-hydrogen) atoms. The van der Waals surface area contributed by atoms with Crippen LogP contribution in [0.2, 0.25) is 0 Å². The molecule has 6 rings (SSSR count). The molecule has 0 saturated heterocycles. The first-order chi connectivity index (χ1) is 18.3. The van der Waals surface area contributed by atoms with Gasteiger partial charge in [-0.25, -0.2) is 0 Å². The molecule has 1 heteroatoms. The van der Waals surface area contributed by atoms with E-state index < -0.39 is 0 Å². The van der Waals surface area contributed by atoms with Crippen LogP contribution in [-0.4, -0.2) is 0 Å². The minimum atomic E-state index is 1.06. The second-order valence-corrected chi connectivity index (χ2v) is 9.12. The monoisotopic (exact) mass is 473 g/mol. The summed E-state index contributed by atoms with van der Waals surface area (Å²) in [6.07, 6.45) is 0. The van der Waals surface area contributed by atoms with E-state index in [1.54, 1.807) is 0 Å². The number of hydrogen-bond acceptors (Lipinski definition) is 1. The molecule has 1 N–H and O–H groups in total. The number of benzene rings is 6. The first-order valence-corrected chi connectivity index (χ1v) is 12.6. The zero-order valence-electron chi connectivity index (χ0n) is 20.5. The lowest BCUT2D eigenvalue weighted by Crippen LogP contribution is -1.95. The van der Waals surface area contributed by atoms with E-state index in [1.807, 2.05) is 6.07 Å². The second kappa shape index (κ2) is 10.4. The van der Waals surface area contributed by atoms with Gasteiger partial charge in [-0.1, -0.05) is 121 Å². The molecule has 0 unspecified atom stereocenters. The van der Waals surface area contributed by atoms with Crippen molar-refractivity contribution in [2.45, 2.75) is 0 Å². The predicted molar refractivity (Wildman–Crippen MR) is 158 cm³/mol. The van der Waals surface area contributed by atoms with Gasteiger partial charge in [0.05, 0.1) is 0 Å². The normalized spacial score (nSPS) is 10.7. The number of nitrogens with one attached hydrogen (secondary N) is 1. The highest BCUT2D eigenvalue weighted by atomic mass is 14.9. The topological polar surface area (TPSA) is 12.0 Å². The van der Waals surface area contributed by atoms with E-state index in [4.69, 9.17) is 0 Å². The highest BCUT2D eigenvalue weighted by Crippen LogP contribution is 2.43. The van der Waals surface area contributed by atoms with Crippen LogP contribution in [0, 0.1) is 0 Å². The van der Waals surface area contributed by atoms with E-state index in [0.29, 0.717) is 0 Å².